The largest absolute Gasteiger partial charge is 0.355 e. The normalized spacial score (nSPS) is 10.6. The maximum absolute atomic E-state index is 5.46. The van der Waals surface area contributed by atoms with E-state index in [1.807, 2.05) is 49.6 Å². The molecule has 3 rings (SSSR count). The van der Waals surface area contributed by atoms with Crippen molar-refractivity contribution >= 4 is 22.7 Å². The predicted octanol–water partition coefficient (Wildman–Crippen LogP) is 1.95. The van der Waals surface area contributed by atoms with Gasteiger partial charge in [0.05, 0.1) is 5.52 Å². The average molecular weight is 280 g/mol. The average Bonchev–Trinajstić information content (AvgIpc) is 2.54. The van der Waals surface area contributed by atoms with E-state index in [4.69, 9.17) is 5.84 Å². The van der Waals surface area contributed by atoms with Gasteiger partial charge in [0.15, 0.2) is 0 Å². The quantitative estimate of drug-likeness (QED) is 0.561. The van der Waals surface area contributed by atoms with Crippen LogP contribution in [0.1, 0.15) is 5.56 Å². The molecule has 0 amide bonds. The summed E-state index contributed by atoms with van der Waals surface area (Å²) in [6.07, 6.45) is 3.61. The van der Waals surface area contributed by atoms with E-state index in [1.54, 1.807) is 6.20 Å². The Hall–Kier alpha value is -2.73. The Balaban J connectivity index is 2.02. The first-order chi connectivity index (χ1) is 10.3. The lowest BCUT2D eigenvalue weighted by molar-refractivity contribution is 0.894. The molecular formula is C15H16N6. The van der Waals surface area contributed by atoms with Crippen LogP contribution in [0.3, 0.4) is 0 Å². The van der Waals surface area contributed by atoms with Crippen molar-refractivity contribution in [3.8, 4) is 0 Å². The molecule has 0 radical (unpaired) electrons. The third-order valence-corrected chi connectivity index (χ3v) is 3.22. The number of benzene rings is 1. The second-order valence-corrected chi connectivity index (χ2v) is 4.75. The third kappa shape index (κ3) is 2.75. The number of para-hydroxylation sites is 1. The highest BCUT2D eigenvalue weighted by molar-refractivity contribution is 5.90. The standard InChI is InChI=1S/C15H16N6/c1-21(10-11-5-4-8-17-9-11)14-12-6-2-3-7-13(12)18-15(19-14)20-16/h2-9H,10,16H2,1H3,(H,18,19,20). The summed E-state index contributed by atoms with van der Waals surface area (Å²) in [6.45, 7) is 0.707. The van der Waals surface area contributed by atoms with E-state index in [2.05, 4.69) is 25.3 Å². The molecule has 21 heavy (non-hydrogen) atoms. The SMILES string of the molecule is CN(Cc1cccnc1)c1nc(NN)nc2ccccc12. The van der Waals surface area contributed by atoms with E-state index in [1.165, 1.54) is 0 Å². The number of fused-ring (bicyclic) bond motifs is 1. The number of hydrogen-bond donors (Lipinski definition) is 2. The lowest BCUT2D eigenvalue weighted by Gasteiger charge is -2.20. The summed E-state index contributed by atoms with van der Waals surface area (Å²) in [5, 5.41) is 0.989. The van der Waals surface area contributed by atoms with Gasteiger partial charge in [-0.1, -0.05) is 18.2 Å². The topological polar surface area (TPSA) is 80.0 Å². The summed E-state index contributed by atoms with van der Waals surface area (Å²) in [5.41, 5.74) is 4.49. The van der Waals surface area contributed by atoms with Crippen molar-refractivity contribution in [3.05, 3.63) is 54.4 Å². The number of nitrogen functional groups attached to an aromatic ring is 1. The molecule has 0 aliphatic rings. The molecule has 3 N–H and O–H groups in total. The number of hydrazine groups is 1. The Morgan fingerprint density at radius 1 is 1.14 bits per heavy atom. The zero-order chi connectivity index (χ0) is 14.7. The molecule has 6 heteroatoms. The smallest absolute Gasteiger partial charge is 0.239 e. The number of anilines is 2. The summed E-state index contributed by atoms with van der Waals surface area (Å²) in [5.74, 6) is 6.69. The van der Waals surface area contributed by atoms with Gasteiger partial charge in [-0.2, -0.15) is 4.98 Å². The minimum Gasteiger partial charge on any atom is -0.355 e. The van der Waals surface area contributed by atoms with Crippen molar-refractivity contribution in [1.82, 2.24) is 15.0 Å². The van der Waals surface area contributed by atoms with Crippen molar-refractivity contribution in [1.29, 1.82) is 0 Å². The van der Waals surface area contributed by atoms with E-state index in [0.717, 1.165) is 22.3 Å². The first-order valence-corrected chi connectivity index (χ1v) is 6.61. The molecule has 0 spiro atoms. The van der Waals surface area contributed by atoms with E-state index in [9.17, 15) is 0 Å². The van der Waals surface area contributed by atoms with Crippen LogP contribution in [0.4, 0.5) is 11.8 Å². The Morgan fingerprint density at radius 2 is 2.00 bits per heavy atom. The minimum absolute atomic E-state index is 0.404. The number of nitrogens with two attached hydrogens (primary N) is 1. The lowest BCUT2D eigenvalue weighted by Crippen LogP contribution is -2.20. The van der Waals surface area contributed by atoms with Crippen LogP contribution in [0.5, 0.6) is 0 Å². The van der Waals surface area contributed by atoms with Gasteiger partial charge in [-0.15, -0.1) is 0 Å². The van der Waals surface area contributed by atoms with E-state index < -0.39 is 0 Å². The number of nitrogens with zero attached hydrogens (tertiary/aromatic N) is 4. The molecule has 1 aromatic carbocycles. The van der Waals surface area contributed by atoms with Crippen LogP contribution in [0.25, 0.3) is 10.9 Å². The number of pyridine rings is 1. The highest BCUT2D eigenvalue weighted by Gasteiger charge is 2.11. The molecule has 0 aliphatic heterocycles. The zero-order valence-corrected chi connectivity index (χ0v) is 11.7. The highest BCUT2D eigenvalue weighted by Crippen LogP contribution is 2.25. The summed E-state index contributed by atoms with van der Waals surface area (Å²) >= 11 is 0. The molecule has 0 saturated carbocycles. The third-order valence-electron chi connectivity index (χ3n) is 3.22. The van der Waals surface area contributed by atoms with Crippen LogP contribution in [-0.2, 0) is 6.54 Å². The second-order valence-electron chi connectivity index (χ2n) is 4.75. The van der Waals surface area contributed by atoms with Gasteiger partial charge in [-0.25, -0.2) is 10.8 Å². The molecular weight excluding hydrogens is 264 g/mol. The Bertz CT molecular complexity index is 743. The summed E-state index contributed by atoms with van der Waals surface area (Å²) in [6, 6.07) is 11.8. The molecule has 0 fully saturated rings. The van der Waals surface area contributed by atoms with Crippen molar-refractivity contribution in [2.45, 2.75) is 6.54 Å². The van der Waals surface area contributed by atoms with Crippen molar-refractivity contribution in [2.24, 2.45) is 5.84 Å². The van der Waals surface area contributed by atoms with Gasteiger partial charge >= 0.3 is 0 Å². The van der Waals surface area contributed by atoms with Crippen LogP contribution in [-0.4, -0.2) is 22.0 Å². The molecule has 0 unspecified atom stereocenters. The fourth-order valence-electron chi connectivity index (χ4n) is 2.26. The highest BCUT2D eigenvalue weighted by atomic mass is 15.3. The van der Waals surface area contributed by atoms with Crippen molar-refractivity contribution < 1.29 is 0 Å². The van der Waals surface area contributed by atoms with Crippen LogP contribution < -0.4 is 16.2 Å². The van der Waals surface area contributed by atoms with Gasteiger partial charge in [0, 0.05) is 31.4 Å². The van der Waals surface area contributed by atoms with Gasteiger partial charge in [0.2, 0.25) is 5.95 Å². The molecule has 0 atom stereocenters. The maximum atomic E-state index is 5.46. The molecule has 2 aromatic heterocycles. The predicted molar refractivity (Wildman–Crippen MR) is 83.7 cm³/mol. The Labute approximate surface area is 122 Å². The van der Waals surface area contributed by atoms with E-state index >= 15 is 0 Å². The van der Waals surface area contributed by atoms with E-state index in [-0.39, 0.29) is 0 Å². The summed E-state index contributed by atoms with van der Waals surface area (Å²) < 4.78 is 0. The molecule has 106 valence electrons. The fraction of sp³-hybridized carbons (Fsp3) is 0.133. The summed E-state index contributed by atoms with van der Waals surface area (Å²) in [4.78, 5) is 15.0. The first kappa shape index (κ1) is 13.3. The molecule has 0 bridgehead atoms. The Kier molecular flexibility index (Phi) is 3.61. The number of aromatic nitrogens is 3. The van der Waals surface area contributed by atoms with Crippen LogP contribution >= 0.6 is 0 Å². The molecule has 0 aliphatic carbocycles. The Morgan fingerprint density at radius 3 is 2.76 bits per heavy atom. The number of hydrogen-bond acceptors (Lipinski definition) is 6. The molecule has 6 nitrogen and oxygen atoms in total. The van der Waals surface area contributed by atoms with Crippen molar-refractivity contribution in [2.75, 3.05) is 17.4 Å². The van der Waals surface area contributed by atoms with Gasteiger partial charge in [0.25, 0.3) is 0 Å². The molecule has 0 saturated heterocycles. The van der Waals surface area contributed by atoms with Gasteiger partial charge in [-0.3, -0.25) is 10.4 Å². The maximum Gasteiger partial charge on any atom is 0.239 e. The summed E-state index contributed by atoms with van der Waals surface area (Å²) in [7, 11) is 1.99. The van der Waals surface area contributed by atoms with Crippen LogP contribution in [0.15, 0.2) is 48.8 Å². The first-order valence-electron chi connectivity index (χ1n) is 6.61. The number of nitrogens with one attached hydrogen (secondary N) is 1. The van der Waals surface area contributed by atoms with Crippen LogP contribution in [0, 0.1) is 0 Å². The van der Waals surface area contributed by atoms with Gasteiger partial charge in [-0.05, 0) is 23.8 Å². The van der Waals surface area contributed by atoms with Crippen molar-refractivity contribution in [3.63, 3.8) is 0 Å². The lowest BCUT2D eigenvalue weighted by atomic mass is 10.2. The van der Waals surface area contributed by atoms with E-state index in [0.29, 0.717) is 12.5 Å². The van der Waals surface area contributed by atoms with Crippen LogP contribution in [0.2, 0.25) is 0 Å². The molecule has 2 heterocycles. The minimum atomic E-state index is 0.404. The fourth-order valence-corrected chi connectivity index (χ4v) is 2.26. The number of rotatable bonds is 4. The molecule has 3 aromatic rings. The monoisotopic (exact) mass is 280 g/mol. The van der Waals surface area contributed by atoms with Gasteiger partial charge in [0.1, 0.15) is 5.82 Å². The second kappa shape index (κ2) is 5.72. The zero-order valence-electron chi connectivity index (χ0n) is 11.7. The van der Waals surface area contributed by atoms with Gasteiger partial charge < -0.3 is 4.90 Å².